The first-order valence-electron chi connectivity index (χ1n) is 11.9. The Bertz CT molecular complexity index is 1720. The second-order valence-corrected chi connectivity index (χ2v) is 9.62. The third-order valence-electron chi connectivity index (χ3n) is 6.28. The molecule has 5 rings (SSSR count). The van der Waals surface area contributed by atoms with Crippen LogP contribution in [-0.2, 0) is 9.53 Å². The summed E-state index contributed by atoms with van der Waals surface area (Å²) in [7, 11) is 1.45. The van der Waals surface area contributed by atoms with Crippen molar-refractivity contribution in [3.05, 3.63) is 91.9 Å². The quantitative estimate of drug-likeness (QED) is 0.132. The summed E-state index contributed by atoms with van der Waals surface area (Å²) in [5.74, 6) is -2.97. The molecule has 0 spiro atoms. The number of methoxy groups -OCH3 is 1. The third kappa shape index (κ3) is 4.35. The second-order valence-electron chi connectivity index (χ2n) is 8.64. The number of nitro benzene ring substituents is 1. The Balaban J connectivity index is 1.65. The van der Waals surface area contributed by atoms with Crippen LogP contribution >= 0.6 is 11.3 Å². The Morgan fingerprint density at radius 1 is 1.23 bits per heavy atom. The number of carbonyl (C=O) groups is 3. The highest BCUT2D eigenvalue weighted by molar-refractivity contribution is 7.17. The molecule has 1 unspecified atom stereocenters. The second kappa shape index (κ2) is 10.3. The number of thiazole rings is 1. The number of non-ortho nitro benzene ring substituents is 1. The van der Waals surface area contributed by atoms with E-state index in [1.165, 1.54) is 37.4 Å². The van der Waals surface area contributed by atoms with Gasteiger partial charge in [0.2, 0.25) is 5.78 Å². The molecular formula is C27H21N3O9S. The van der Waals surface area contributed by atoms with Crippen LogP contribution in [0.3, 0.4) is 0 Å². The Labute approximate surface area is 230 Å². The molecule has 1 amide bonds. The predicted molar refractivity (Wildman–Crippen MR) is 143 cm³/mol. The first kappa shape index (κ1) is 26.6. The standard InChI is InChI=1S/C27H21N3O9S/c1-4-38-26(34)24-13(2)28-27(40-24)29-20(14-8-10-16(11-9-14)30(35)36)19(22(32)25(29)33)21(31)18-12-15-6-5-7-17(37-3)23(15)39-18/h5-12,20,32H,4H2,1-3H3. The lowest BCUT2D eigenvalue weighted by atomic mass is 9.95. The first-order chi connectivity index (χ1) is 19.2. The van der Waals surface area contributed by atoms with Gasteiger partial charge in [-0.25, -0.2) is 9.78 Å². The number of anilines is 1. The third-order valence-corrected chi connectivity index (χ3v) is 7.41. The average molecular weight is 564 g/mol. The molecule has 204 valence electrons. The van der Waals surface area contributed by atoms with Gasteiger partial charge in [0, 0.05) is 17.5 Å². The van der Waals surface area contributed by atoms with Gasteiger partial charge in [-0.3, -0.25) is 24.6 Å². The van der Waals surface area contributed by atoms with Crippen LogP contribution in [0.4, 0.5) is 10.8 Å². The molecule has 1 aliphatic heterocycles. The number of rotatable bonds is 8. The number of hydrogen-bond acceptors (Lipinski definition) is 11. The predicted octanol–water partition coefficient (Wildman–Crippen LogP) is 5.07. The normalized spacial score (nSPS) is 15.1. The molecule has 0 saturated carbocycles. The van der Waals surface area contributed by atoms with Gasteiger partial charge in [0.05, 0.1) is 35.9 Å². The molecule has 40 heavy (non-hydrogen) atoms. The number of Topliss-reactive ketones (excluding diaryl/α,β-unsaturated/α-hetero) is 1. The maximum atomic E-state index is 13.8. The van der Waals surface area contributed by atoms with E-state index >= 15 is 0 Å². The van der Waals surface area contributed by atoms with Crippen molar-refractivity contribution in [2.24, 2.45) is 0 Å². The number of aliphatic hydroxyl groups is 1. The lowest BCUT2D eigenvalue weighted by molar-refractivity contribution is -0.384. The average Bonchev–Trinajstić information content (AvgIpc) is 3.62. The number of nitro groups is 1. The van der Waals surface area contributed by atoms with Crippen molar-refractivity contribution >= 4 is 50.8 Å². The van der Waals surface area contributed by atoms with Gasteiger partial charge in [-0.1, -0.05) is 23.5 Å². The minimum atomic E-state index is -1.24. The molecule has 0 saturated heterocycles. The molecule has 1 aliphatic rings. The van der Waals surface area contributed by atoms with Crippen molar-refractivity contribution < 1.29 is 38.3 Å². The van der Waals surface area contributed by atoms with Crippen molar-refractivity contribution in [3.8, 4) is 5.75 Å². The Hall–Kier alpha value is -5.04. The topological polar surface area (TPSA) is 162 Å². The van der Waals surface area contributed by atoms with Crippen molar-refractivity contribution in [3.63, 3.8) is 0 Å². The fourth-order valence-corrected chi connectivity index (χ4v) is 5.43. The number of furan rings is 1. The van der Waals surface area contributed by atoms with Crippen molar-refractivity contribution in [1.29, 1.82) is 0 Å². The lowest BCUT2D eigenvalue weighted by Crippen LogP contribution is -2.31. The number of hydrogen-bond donors (Lipinski definition) is 1. The molecule has 4 aromatic rings. The van der Waals surface area contributed by atoms with Crippen LogP contribution in [0.15, 0.2) is 64.3 Å². The highest BCUT2D eigenvalue weighted by Gasteiger charge is 2.47. The number of aromatic nitrogens is 1. The van der Waals surface area contributed by atoms with Crippen molar-refractivity contribution in [1.82, 2.24) is 4.98 Å². The van der Waals surface area contributed by atoms with Crippen LogP contribution in [-0.4, -0.2) is 46.4 Å². The van der Waals surface area contributed by atoms with Gasteiger partial charge < -0.3 is 19.0 Å². The summed E-state index contributed by atoms with van der Waals surface area (Å²) in [5, 5.41) is 22.8. The molecule has 0 fully saturated rings. The number of ether oxygens (including phenoxy) is 2. The Kier molecular flexibility index (Phi) is 6.81. The molecule has 0 bridgehead atoms. The summed E-state index contributed by atoms with van der Waals surface area (Å²) in [4.78, 5) is 56.0. The zero-order valence-corrected chi connectivity index (χ0v) is 22.2. The van der Waals surface area contributed by atoms with Gasteiger partial charge in [-0.15, -0.1) is 0 Å². The molecule has 3 heterocycles. The Morgan fingerprint density at radius 2 is 1.95 bits per heavy atom. The van der Waals surface area contributed by atoms with Crippen molar-refractivity contribution in [2.75, 3.05) is 18.6 Å². The van der Waals surface area contributed by atoms with Gasteiger partial charge in [-0.05, 0) is 43.7 Å². The van der Waals surface area contributed by atoms with E-state index in [0.717, 1.165) is 16.2 Å². The number of fused-ring (bicyclic) bond motifs is 1. The van der Waals surface area contributed by atoms with Crippen LogP contribution in [0.25, 0.3) is 11.0 Å². The van der Waals surface area contributed by atoms with E-state index in [1.54, 1.807) is 32.0 Å². The summed E-state index contributed by atoms with van der Waals surface area (Å²) < 4.78 is 16.2. The Morgan fingerprint density at radius 3 is 2.60 bits per heavy atom. The number of esters is 1. The van der Waals surface area contributed by atoms with Crippen LogP contribution in [0.5, 0.6) is 5.75 Å². The number of aliphatic hydroxyl groups excluding tert-OH is 1. The van der Waals surface area contributed by atoms with E-state index < -0.39 is 34.4 Å². The maximum Gasteiger partial charge on any atom is 0.350 e. The number of ketones is 1. The highest BCUT2D eigenvalue weighted by Crippen LogP contribution is 2.44. The van der Waals surface area contributed by atoms with Crippen molar-refractivity contribution in [2.45, 2.75) is 19.9 Å². The van der Waals surface area contributed by atoms with E-state index in [1.807, 2.05) is 0 Å². The molecule has 2 aromatic heterocycles. The molecule has 12 nitrogen and oxygen atoms in total. The van der Waals surface area contributed by atoms with Gasteiger partial charge >= 0.3 is 5.97 Å². The van der Waals surface area contributed by atoms with Crippen LogP contribution in [0, 0.1) is 17.0 Å². The lowest BCUT2D eigenvalue weighted by Gasteiger charge is -2.24. The van der Waals surface area contributed by atoms with Gasteiger partial charge in [0.25, 0.3) is 11.6 Å². The summed E-state index contributed by atoms with van der Waals surface area (Å²) in [6.45, 7) is 3.34. The zero-order chi connectivity index (χ0) is 28.7. The minimum Gasteiger partial charge on any atom is -0.503 e. The monoisotopic (exact) mass is 563 g/mol. The SMILES string of the molecule is CCOC(=O)c1sc(N2C(=O)C(O)=C(C(=O)c3cc4cccc(OC)c4o3)C2c2ccc([N+](=O)[O-])cc2)nc1C. The molecule has 0 radical (unpaired) electrons. The fraction of sp³-hybridized carbons (Fsp3) is 0.185. The highest BCUT2D eigenvalue weighted by atomic mass is 32.1. The molecule has 2 aromatic carbocycles. The van der Waals surface area contributed by atoms with E-state index in [-0.39, 0.29) is 44.9 Å². The summed E-state index contributed by atoms with van der Waals surface area (Å²) in [6.07, 6.45) is 0. The molecular weight excluding hydrogens is 542 g/mol. The largest absolute Gasteiger partial charge is 0.503 e. The molecule has 1 N–H and O–H groups in total. The van der Waals surface area contributed by atoms with Gasteiger partial charge in [0.1, 0.15) is 4.88 Å². The molecule has 13 heteroatoms. The summed E-state index contributed by atoms with van der Waals surface area (Å²) in [6, 6.07) is 10.5. The van der Waals surface area contributed by atoms with Gasteiger partial charge in [0.15, 0.2) is 28.0 Å². The summed E-state index contributed by atoms with van der Waals surface area (Å²) >= 11 is 0.858. The zero-order valence-electron chi connectivity index (χ0n) is 21.4. The summed E-state index contributed by atoms with van der Waals surface area (Å²) in [5.41, 5.74) is 0.348. The van der Waals surface area contributed by atoms with Crippen LogP contribution < -0.4 is 9.64 Å². The molecule has 0 aliphatic carbocycles. The number of carbonyl (C=O) groups excluding carboxylic acids is 3. The van der Waals surface area contributed by atoms with E-state index in [0.29, 0.717) is 16.7 Å². The minimum absolute atomic E-state index is 0.0227. The first-order valence-corrected chi connectivity index (χ1v) is 12.7. The fourth-order valence-electron chi connectivity index (χ4n) is 4.44. The maximum absolute atomic E-state index is 13.8. The van der Waals surface area contributed by atoms with Crippen LogP contribution in [0.2, 0.25) is 0 Å². The molecule has 1 atom stereocenters. The van der Waals surface area contributed by atoms with E-state index in [2.05, 4.69) is 4.98 Å². The number of aryl methyl sites for hydroxylation is 1. The number of benzene rings is 2. The number of amides is 1. The van der Waals surface area contributed by atoms with Crippen LogP contribution in [0.1, 0.15) is 44.4 Å². The number of para-hydroxylation sites is 1. The van der Waals surface area contributed by atoms with Gasteiger partial charge in [-0.2, -0.15) is 0 Å². The smallest absolute Gasteiger partial charge is 0.350 e. The van der Waals surface area contributed by atoms with E-state index in [4.69, 9.17) is 13.9 Å². The van der Waals surface area contributed by atoms with E-state index in [9.17, 15) is 29.6 Å². The number of nitrogens with zero attached hydrogens (tertiary/aromatic N) is 3.